The average molecular weight is 355 g/mol. The minimum absolute atomic E-state index is 0.160. The molecule has 0 atom stereocenters. The standard InChI is InChI=1S/C19H19ClN4O/c1-23(19(25)21-12-16-7-5-6-10-18(16)20)13-15-11-22-24(14-15)17-8-3-2-4-9-17/h2-11,14H,12-13H2,1H3,(H,21,25). The third-order valence-electron chi connectivity index (χ3n) is 3.81. The predicted molar refractivity (Wildman–Crippen MR) is 98.7 cm³/mol. The Balaban J connectivity index is 1.57. The van der Waals surface area contributed by atoms with E-state index in [0.717, 1.165) is 16.8 Å². The molecule has 1 N–H and O–H groups in total. The van der Waals surface area contributed by atoms with Crippen molar-refractivity contribution < 1.29 is 4.79 Å². The Hall–Kier alpha value is -2.79. The maximum absolute atomic E-state index is 12.3. The molecular formula is C19H19ClN4O. The van der Waals surface area contributed by atoms with Crippen molar-refractivity contribution in [2.75, 3.05) is 7.05 Å². The lowest BCUT2D eigenvalue weighted by Gasteiger charge is -2.17. The number of rotatable bonds is 5. The van der Waals surface area contributed by atoms with Gasteiger partial charge in [-0.15, -0.1) is 0 Å². The number of para-hydroxylation sites is 1. The molecule has 0 fully saturated rings. The fourth-order valence-corrected chi connectivity index (χ4v) is 2.66. The summed E-state index contributed by atoms with van der Waals surface area (Å²) in [5, 5.41) is 7.87. The zero-order chi connectivity index (χ0) is 17.6. The highest BCUT2D eigenvalue weighted by molar-refractivity contribution is 6.31. The van der Waals surface area contributed by atoms with Crippen LogP contribution in [-0.4, -0.2) is 27.8 Å². The van der Waals surface area contributed by atoms with Gasteiger partial charge in [-0.1, -0.05) is 48.0 Å². The molecule has 5 nitrogen and oxygen atoms in total. The summed E-state index contributed by atoms with van der Waals surface area (Å²) in [6, 6.07) is 17.2. The van der Waals surface area contributed by atoms with E-state index in [0.29, 0.717) is 18.1 Å². The van der Waals surface area contributed by atoms with Gasteiger partial charge in [-0.25, -0.2) is 9.48 Å². The summed E-state index contributed by atoms with van der Waals surface area (Å²) < 4.78 is 1.80. The molecule has 1 heterocycles. The number of urea groups is 1. The number of amides is 2. The molecule has 6 heteroatoms. The van der Waals surface area contributed by atoms with Gasteiger partial charge in [0.15, 0.2) is 0 Å². The van der Waals surface area contributed by atoms with Crippen LogP contribution in [0.5, 0.6) is 0 Å². The number of nitrogens with zero attached hydrogens (tertiary/aromatic N) is 3. The molecule has 0 aliphatic rings. The molecule has 3 rings (SSSR count). The Morgan fingerprint density at radius 2 is 1.88 bits per heavy atom. The Labute approximate surface area is 151 Å². The first kappa shape index (κ1) is 17.0. The molecule has 2 aromatic carbocycles. The Kier molecular flexibility index (Phi) is 5.36. The van der Waals surface area contributed by atoms with Crippen molar-refractivity contribution in [2.45, 2.75) is 13.1 Å². The van der Waals surface area contributed by atoms with Gasteiger partial charge in [0.25, 0.3) is 0 Å². The first-order valence-electron chi connectivity index (χ1n) is 7.95. The first-order valence-corrected chi connectivity index (χ1v) is 8.32. The highest BCUT2D eigenvalue weighted by Crippen LogP contribution is 2.14. The van der Waals surface area contributed by atoms with Crippen molar-refractivity contribution in [3.05, 3.63) is 83.1 Å². The van der Waals surface area contributed by atoms with Crippen molar-refractivity contribution in [1.29, 1.82) is 0 Å². The molecule has 0 saturated carbocycles. The predicted octanol–water partition coefficient (Wildman–Crippen LogP) is 3.87. The zero-order valence-corrected chi connectivity index (χ0v) is 14.6. The van der Waals surface area contributed by atoms with E-state index in [4.69, 9.17) is 11.6 Å². The molecule has 3 aromatic rings. The average Bonchev–Trinajstić information content (AvgIpc) is 3.10. The molecule has 0 aliphatic heterocycles. The van der Waals surface area contributed by atoms with Gasteiger partial charge in [0, 0.05) is 30.4 Å². The lowest BCUT2D eigenvalue weighted by molar-refractivity contribution is 0.206. The lowest BCUT2D eigenvalue weighted by atomic mass is 10.2. The highest BCUT2D eigenvalue weighted by Gasteiger charge is 2.11. The maximum atomic E-state index is 12.3. The van der Waals surface area contributed by atoms with Crippen LogP contribution in [0, 0.1) is 0 Å². The second kappa shape index (κ2) is 7.85. The van der Waals surface area contributed by atoms with Gasteiger partial charge >= 0.3 is 6.03 Å². The monoisotopic (exact) mass is 354 g/mol. The van der Waals surface area contributed by atoms with Crippen LogP contribution in [0.2, 0.25) is 5.02 Å². The van der Waals surface area contributed by atoms with Gasteiger partial charge in [0.1, 0.15) is 0 Å². The van der Waals surface area contributed by atoms with Gasteiger partial charge in [0.05, 0.1) is 18.4 Å². The SMILES string of the molecule is CN(Cc1cnn(-c2ccccc2)c1)C(=O)NCc1ccccc1Cl. The topological polar surface area (TPSA) is 50.2 Å². The van der Waals surface area contributed by atoms with E-state index < -0.39 is 0 Å². The number of hydrogen-bond donors (Lipinski definition) is 1. The summed E-state index contributed by atoms with van der Waals surface area (Å²) >= 11 is 6.10. The van der Waals surface area contributed by atoms with Crippen LogP contribution in [0.25, 0.3) is 5.69 Å². The fourth-order valence-electron chi connectivity index (χ4n) is 2.46. The molecule has 0 bridgehead atoms. The number of halogens is 1. The normalized spacial score (nSPS) is 10.5. The first-order chi connectivity index (χ1) is 12.1. The molecule has 0 aliphatic carbocycles. The molecule has 2 amide bonds. The Morgan fingerprint density at radius 1 is 1.16 bits per heavy atom. The minimum atomic E-state index is -0.160. The van der Waals surface area contributed by atoms with Crippen molar-refractivity contribution in [3.8, 4) is 5.69 Å². The molecule has 0 radical (unpaired) electrons. The molecule has 0 saturated heterocycles. The number of benzene rings is 2. The van der Waals surface area contributed by atoms with Crippen LogP contribution in [-0.2, 0) is 13.1 Å². The maximum Gasteiger partial charge on any atom is 0.317 e. The molecule has 25 heavy (non-hydrogen) atoms. The third kappa shape index (κ3) is 4.39. The van der Waals surface area contributed by atoms with Gasteiger partial charge in [-0.2, -0.15) is 5.10 Å². The summed E-state index contributed by atoms with van der Waals surface area (Å²) in [7, 11) is 1.75. The van der Waals surface area contributed by atoms with Crippen LogP contribution in [0.3, 0.4) is 0 Å². The van der Waals surface area contributed by atoms with E-state index in [9.17, 15) is 4.79 Å². The summed E-state index contributed by atoms with van der Waals surface area (Å²) in [5.41, 5.74) is 2.83. The molecule has 0 unspecified atom stereocenters. The third-order valence-corrected chi connectivity index (χ3v) is 4.18. The van der Waals surface area contributed by atoms with Crippen LogP contribution in [0.15, 0.2) is 67.0 Å². The largest absolute Gasteiger partial charge is 0.334 e. The highest BCUT2D eigenvalue weighted by atomic mass is 35.5. The van der Waals surface area contributed by atoms with Gasteiger partial charge in [0.2, 0.25) is 0 Å². The number of carbonyl (C=O) groups excluding carboxylic acids is 1. The summed E-state index contributed by atoms with van der Waals surface area (Å²) in [5.74, 6) is 0. The second-order valence-corrected chi connectivity index (χ2v) is 6.14. The van der Waals surface area contributed by atoms with E-state index in [1.165, 1.54) is 0 Å². The number of hydrogen-bond acceptors (Lipinski definition) is 2. The van der Waals surface area contributed by atoms with E-state index in [2.05, 4.69) is 10.4 Å². The van der Waals surface area contributed by atoms with Crippen LogP contribution >= 0.6 is 11.6 Å². The molecule has 1 aromatic heterocycles. The van der Waals surface area contributed by atoms with E-state index in [-0.39, 0.29) is 6.03 Å². The van der Waals surface area contributed by atoms with Crippen LogP contribution in [0.4, 0.5) is 4.79 Å². The zero-order valence-electron chi connectivity index (χ0n) is 13.9. The van der Waals surface area contributed by atoms with Crippen LogP contribution in [0.1, 0.15) is 11.1 Å². The molecular weight excluding hydrogens is 336 g/mol. The summed E-state index contributed by atoms with van der Waals surface area (Å²) in [6.45, 7) is 0.868. The number of aromatic nitrogens is 2. The molecule has 0 spiro atoms. The van der Waals surface area contributed by atoms with Gasteiger partial charge in [-0.05, 0) is 23.8 Å². The van der Waals surface area contributed by atoms with Gasteiger partial charge < -0.3 is 10.2 Å². The Bertz CT molecular complexity index is 847. The fraction of sp³-hybridized carbons (Fsp3) is 0.158. The van der Waals surface area contributed by atoms with E-state index in [1.807, 2.05) is 60.8 Å². The molecule has 128 valence electrons. The number of nitrogens with one attached hydrogen (secondary N) is 1. The summed E-state index contributed by atoms with van der Waals surface area (Å²) in [4.78, 5) is 13.9. The minimum Gasteiger partial charge on any atom is -0.334 e. The van der Waals surface area contributed by atoms with Gasteiger partial charge in [-0.3, -0.25) is 0 Å². The number of carbonyl (C=O) groups is 1. The van der Waals surface area contributed by atoms with Crippen LogP contribution < -0.4 is 5.32 Å². The lowest BCUT2D eigenvalue weighted by Crippen LogP contribution is -2.36. The Morgan fingerprint density at radius 3 is 2.64 bits per heavy atom. The van der Waals surface area contributed by atoms with E-state index in [1.54, 1.807) is 22.8 Å². The van der Waals surface area contributed by atoms with Crippen molar-refractivity contribution in [1.82, 2.24) is 20.0 Å². The second-order valence-electron chi connectivity index (χ2n) is 5.73. The smallest absolute Gasteiger partial charge is 0.317 e. The van der Waals surface area contributed by atoms with Crippen molar-refractivity contribution in [3.63, 3.8) is 0 Å². The van der Waals surface area contributed by atoms with E-state index >= 15 is 0 Å². The quantitative estimate of drug-likeness (QED) is 0.756. The van der Waals surface area contributed by atoms with Crippen molar-refractivity contribution in [2.24, 2.45) is 0 Å². The van der Waals surface area contributed by atoms with Crippen molar-refractivity contribution >= 4 is 17.6 Å². The summed E-state index contributed by atoms with van der Waals surface area (Å²) in [6.07, 6.45) is 3.69.